The van der Waals surface area contributed by atoms with Crippen LogP contribution in [0.3, 0.4) is 0 Å². The number of aromatic nitrogens is 3. The lowest BCUT2D eigenvalue weighted by atomic mass is 10.3. The average molecular weight is 323 g/mol. The van der Waals surface area contributed by atoms with Crippen LogP contribution in [0.15, 0.2) is 61.1 Å². The third-order valence-corrected chi connectivity index (χ3v) is 3.15. The van der Waals surface area contributed by atoms with Crippen LogP contribution >= 0.6 is 0 Å². The molecule has 0 aliphatic rings. The molecule has 3 aromatic rings. The van der Waals surface area contributed by atoms with Gasteiger partial charge in [-0.1, -0.05) is 12.1 Å². The van der Waals surface area contributed by atoms with Crippen molar-refractivity contribution >= 4 is 17.4 Å². The molecule has 0 saturated heterocycles. The fourth-order valence-corrected chi connectivity index (χ4v) is 2.03. The largest absolute Gasteiger partial charge is 0.345 e. The lowest BCUT2D eigenvalue weighted by Crippen LogP contribution is -2.24. The Morgan fingerprint density at radius 2 is 1.96 bits per heavy atom. The minimum atomic E-state index is -0.359. The summed E-state index contributed by atoms with van der Waals surface area (Å²) < 4.78 is 13.2. The smallest absolute Gasteiger partial charge is 0.270 e. The SMILES string of the molecule is O=C(NCc1ccccn1)c1cc(Nc2cccc(F)c2)ncn1. The maximum atomic E-state index is 13.2. The second-order valence-electron chi connectivity index (χ2n) is 4.93. The molecule has 0 radical (unpaired) electrons. The van der Waals surface area contributed by atoms with Gasteiger partial charge in [-0.2, -0.15) is 0 Å². The van der Waals surface area contributed by atoms with Crippen molar-refractivity contribution < 1.29 is 9.18 Å². The fraction of sp³-hybridized carbons (Fsp3) is 0.0588. The Kier molecular flexibility index (Phi) is 4.71. The topological polar surface area (TPSA) is 79.8 Å². The molecule has 2 N–H and O–H groups in total. The molecule has 2 aromatic heterocycles. The Morgan fingerprint density at radius 3 is 2.75 bits per heavy atom. The zero-order valence-electron chi connectivity index (χ0n) is 12.6. The number of benzene rings is 1. The van der Waals surface area contributed by atoms with Gasteiger partial charge in [-0.05, 0) is 30.3 Å². The molecule has 0 aliphatic heterocycles. The van der Waals surface area contributed by atoms with E-state index in [0.717, 1.165) is 5.69 Å². The molecule has 0 aliphatic carbocycles. The molecule has 0 saturated carbocycles. The number of rotatable bonds is 5. The van der Waals surface area contributed by atoms with Crippen molar-refractivity contribution in [3.8, 4) is 0 Å². The highest BCUT2D eigenvalue weighted by Crippen LogP contribution is 2.15. The monoisotopic (exact) mass is 323 g/mol. The van der Waals surface area contributed by atoms with Crippen LogP contribution in [0.4, 0.5) is 15.9 Å². The Balaban J connectivity index is 1.67. The van der Waals surface area contributed by atoms with Crippen LogP contribution in [0.2, 0.25) is 0 Å². The van der Waals surface area contributed by atoms with Gasteiger partial charge in [0.05, 0.1) is 12.2 Å². The van der Waals surface area contributed by atoms with Gasteiger partial charge < -0.3 is 10.6 Å². The van der Waals surface area contributed by atoms with Gasteiger partial charge in [-0.15, -0.1) is 0 Å². The summed E-state index contributed by atoms with van der Waals surface area (Å²) in [5, 5.41) is 5.67. The Morgan fingerprint density at radius 1 is 1.04 bits per heavy atom. The van der Waals surface area contributed by atoms with Gasteiger partial charge in [0.1, 0.15) is 23.7 Å². The van der Waals surface area contributed by atoms with Gasteiger partial charge in [0.15, 0.2) is 0 Å². The van der Waals surface area contributed by atoms with Gasteiger partial charge in [-0.3, -0.25) is 9.78 Å². The normalized spacial score (nSPS) is 10.2. The molecule has 1 aromatic carbocycles. The van der Waals surface area contributed by atoms with Crippen molar-refractivity contribution in [3.63, 3.8) is 0 Å². The quantitative estimate of drug-likeness (QED) is 0.754. The van der Waals surface area contributed by atoms with Crippen molar-refractivity contribution in [2.24, 2.45) is 0 Å². The number of anilines is 2. The number of halogens is 1. The lowest BCUT2D eigenvalue weighted by Gasteiger charge is -2.07. The van der Waals surface area contributed by atoms with Crippen LogP contribution in [0.25, 0.3) is 0 Å². The molecule has 0 atom stereocenters. The number of nitrogens with zero attached hydrogens (tertiary/aromatic N) is 3. The lowest BCUT2D eigenvalue weighted by molar-refractivity contribution is 0.0945. The number of carbonyl (C=O) groups is 1. The van der Waals surface area contributed by atoms with E-state index >= 15 is 0 Å². The summed E-state index contributed by atoms with van der Waals surface area (Å²) >= 11 is 0. The van der Waals surface area contributed by atoms with E-state index in [-0.39, 0.29) is 17.4 Å². The van der Waals surface area contributed by atoms with Crippen LogP contribution in [0.1, 0.15) is 16.2 Å². The molecular weight excluding hydrogens is 309 g/mol. The number of carbonyl (C=O) groups excluding carboxylic acids is 1. The van der Waals surface area contributed by atoms with E-state index in [2.05, 4.69) is 25.6 Å². The maximum Gasteiger partial charge on any atom is 0.270 e. The van der Waals surface area contributed by atoms with E-state index < -0.39 is 0 Å². The molecule has 24 heavy (non-hydrogen) atoms. The summed E-state index contributed by atoms with van der Waals surface area (Å²) in [6.07, 6.45) is 2.94. The standard InChI is InChI=1S/C17H14FN5O/c18-12-4-3-6-13(8-12)23-16-9-15(21-11-22-16)17(24)20-10-14-5-1-2-7-19-14/h1-9,11H,10H2,(H,20,24)(H,21,22,23). The first-order chi connectivity index (χ1) is 11.7. The zero-order valence-corrected chi connectivity index (χ0v) is 12.6. The van der Waals surface area contributed by atoms with Crippen molar-refractivity contribution in [2.75, 3.05) is 5.32 Å². The molecule has 1 amide bonds. The van der Waals surface area contributed by atoms with Crippen LogP contribution in [0, 0.1) is 5.82 Å². The average Bonchev–Trinajstić information content (AvgIpc) is 2.61. The first-order valence-corrected chi connectivity index (χ1v) is 7.23. The molecule has 0 unspecified atom stereocenters. The molecule has 7 heteroatoms. The van der Waals surface area contributed by atoms with Crippen molar-refractivity contribution in [1.29, 1.82) is 0 Å². The van der Waals surface area contributed by atoms with E-state index in [1.54, 1.807) is 24.4 Å². The number of pyridine rings is 1. The van der Waals surface area contributed by atoms with E-state index in [1.807, 2.05) is 12.1 Å². The van der Waals surface area contributed by atoms with Crippen molar-refractivity contribution in [1.82, 2.24) is 20.3 Å². The number of nitrogens with one attached hydrogen (secondary N) is 2. The fourth-order valence-electron chi connectivity index (χ4n) is 2.03. The number of hydrogen-bond acceptors (Lipinski definition) is 5. The summed E-state index contributed by atoms with van der Waals surface area (Å²) in [6, 6.07) is 12.9. The molecular formula is C17H14FN5O. The molecule has 6 nitrogen and oxygen atoms in total. The van der Waals surface area contributed by atoms with Gasteiger partial charge in [0, 0.05) is 18.0 Å². The van der Waals surface area contributed by atoms with E-state index in [9.17, 15) is 9.18 Å². The second kappa shape index (κ2) is 7.28. The van der Waals surface area contributed by atoms with Gasteiger partial charge in [0.2, 0.25) is 0 Å². The van der Waals surface area contributed by atoms with Crippen LogP contribution in [0.5, 0.6) is 0 Å². The minimum Gasteiger partial charge on any atom is -0.345 e. The summed E-state index contributed by atoms with van der Waals surface area (Å²) in [4.78, 5) is 24.3. The Bertz CT molecular complexity index is 841. The van der Waals surface area contributed by atoms with Crippen LogP contribution < -0.4 is 10.6 Å². The highest BCUT2D eigenvalue weighted by molar-refractivity contribution is 5.92. The van der Waals surface area contributed by atoms with Crippen molar-refractivity contribution in [3.05, 3.63) is 78.3 Å². The molecule has 0 fully saturated rings. The predicted octanol–water partition coefficient (Wildman–Crippen LogP) is 2.68. The van der Waals surface area contributed by atoms with Crippen LogP contribution in [-0.4, -0.2) is 20.9 Å². The first-order valence-electron chi connectivity index (χ1n) is 7.23. The second-order valence-corrected chi connectivity index (χ2v) is 4.93. The Hall–Kier alpha value is -3.35. The summed E-state index contributed by atoms with van der Waals surface area (Å²) in [5.41, 5.74) is 1.49. The van der Waals surface area contributed by atoms with E-state index in [4.69, 9.17) is 0 Å². The highest BCUT2D eigenvalue weighted by atomic mass is 19.1. The van der Waals surface area contributed by atoms with Gasteiger partial charge in [-0.25, -0.2) is 14.4 Å². The maximum absolute atomic E-state index is 13.2. The van der Waals surface area contributed by atoms with E-state index in [0.29, 0.717) is 18.1 Å². The number of hydrogen-bond donors (Lipinski definition) is 2. The third-order valence-electron chi connectivity index (χ3n) is 3.15. The highest BCUT2D eigenvalue weighted by Gasteiger charge is 2.09. The molecule has 120 valence electrons. The summed E-state index contributed by atoms with van der Waals surface area (Å²) in [6.45, 7) is 0.302. The molecule has 0 bridgehead atoms. The summed E-state index contributed by atoms with van der Waals surface area (Å²) in [5.74, 6) is -0.300. The van der Waals surface area contributed by atoms with Gasteiger partial charge in [0.25, 0.3) is 5.91 Å². The van der Waals surface area contributed by atoms with E-state index in [1.165, 1.54) is 24.5 Å². The zero-order chi connectivity index (χ0) is 16.8. The third kappa shape index (κ3) is 4.10. The molecule has 2 heterocycles. The van der Waals surface area contributed by atoms with Crippen molar-refractivity contribution in [2.45, 2.75) is 6.54 Å². The predicted molar refractivity (Wildman–Crippen MR) is 87.1 cm³/mol. The first kappa shape index (κ1) is 15.5. The number of amides is 1. The summed E-state index contributed by atoms with van der Waals surface area (Å²) in [7, 11) is 0. The Labute approximate surface area is 137 Å². The molecule has 0 spiro atoms. The van der Waals surface area contributed by atoms with Gasteiger partial charge >= 0.3 is 0 Å². The van der Waals surface area contributed by atoms with Crippen LogP contribution in [-0.2, 0) is 6.54 Å². The minimum absolute atomic E-state index is 0.208. The molecule has 3 rings (SSSR count).